The Balaban J connectivity index is 1.48. The molecule has 2 aliphatic carbocycles. The van der Waals surface area contributed by atoms with E-state index in [0.717, 1.165) is 12.2 Å². The largest absolute Gasteiger partial charge is 0.377 e. The molecule has 0 radical (unpaired) electrons. The summed E-state index contributed by atoms with van der Waals surface area (Å²) in [6, 6.07) is 8.07. The Morgan fingerprint density at radius 3 is 2.52 bits per heavy atom. The second-order valence-corrected chi connectivity index (χ2v) is 9.55. The van der Waals surface area contributed by atoms with Gasteiger partial charge in [-0.25, -0.2) is 8.42 Å². The fraction of sp³-hybridized carbons (Fsp3) is 0.667. The third-order valence-corrected chi connectivity index (χ3v) is 7.40. The highest BCUT2D eigenvalue weighted by Crippen LogP contribution is 2.63. The van der Waals surface area contributed by atoms with Gasteiger partial charge in [-0.1, -0.05) is 18.6 Å². The predicted octanol–water partition coefficient (Wildman–Crippen LogP) is 2.70. The second-order valence-electron chi connectivity index (χ2n) is 7.54. The fourth-order valence-corrected chi connectivity index (χ4v) is 5.49. The number of benzene rings is 1. The summed E-state index contributed by atoms with van der Waals surface area (Å²) >= 11 is 0. The van der Waals surface area contributed by atoms with Crippen LogP contribution in [0.3, 0.4) is 0 Å². The smallest absolute Gasteiger partial charge is 0.175 e. The van der Waals surface area contributed by atoms with Crippen molar-refractivity contribution in [3.63, 3.8) is 0 Å². The van der Waals surface area contributed by atoms with E-state index in [1.165, 1.54) is 31.9 Å². The highest BCUT2D eigenvalue weighted by molar-refractivity contribution is 7.90. The minimum Gasteiger partial charge on any atom is -0.377 e. The molecule has 126 valence electrons. The zero-order valence-corrected chi connectivity index (χ0v) is 14.6. The van der Waals surface area contributed by atoms with E-state index in [2.05, 4.69) is 12.2 Å². The molecule has 23 heavy (non-hydrogen) atoms. The average molecular weight is 335 g/mol. The first-order valence-corrected chi connectivity index (χ1v) is 10.5. The zero-order chi connectivity index (χ0) is 16.2. The number of fused-ring (bicyclic) bond motifs is 2. The number of nitrogens with one attached hydrogen (secondary N) is 1. The van der Waals surface area contributed by atoms with Crippen molar-refractivity contribution in [2.24, 2.45) is 11.3 Å². The van der Waals surface area contributed by atoms with Crippen LogP contribution in [0.15, 0.2) is 29.2 Å². The van der Waals surface area contributed by atoms with Crippen molar-refractivity contribution in [2.75, 3.05) is 12.9 Å². The number of hydrogen-bond donors (Lipinski definition) is 1. The standard InChI is InChI=1S/C18H25NO3S/c1-12(13-4-6-14(7-5-13)23(2,20)21)19-16-15-8-11-22-17(15)18(16)9-3-10-18/h4-7,12,15-17,19H,3,8-11H2,1-2H3. The highest BCUT2D eigenvalue weighted by Gasteiger charge is 2.66. The van der Waals surface area contributed by atoms with E-state index >= 15 is 0 Å². The lowest BCUT2D eigenvalue weighted by Crippen LogP contribution is -2.71. The van der Waals surface area contributed by atoms with Crippen molar-refractivity contribution in [3.8, 4) is 0 Å². The Bertz CT molecular complexity index is 693. The van der Waals surface area contributed by atoms with E-state index in [0.29, 0.717) is 28.4 Å². The Morgan fingerprint density at radius 2 is 1.96 bits per heavy atom. The Hall–Kier alpha value is -0.910. The number of sulfone groups is 1. The predicted molar refractivity (Wildman–Crippen MR) is 89.0 cm³/mol. The quantitative estimate of drug-likeness (QED) is 0.919. The van der Waals surface area contributed by atoms with Crippen LogP contribution in [0.25, 0.3) is 0 Å². The van der Waals surface area contributed by atoms with E-state index in [1.54, 1.807) is 12.1 Å². The molecule has 4 nitrogen and oxygen atoms in total. The number of rotatable bonds is 4. The SMILES string of the molecule is CC(NC1C2CCOC2C12CCC2)c1ccc(S(C)(=O)=O)cc1. The van der Waals surface area contributed by atoms with Crippen LogP contribution in [-0.2, 0) is 14.6 Å². The fourth-order valence-electron chi connectivity index (χ4n) is 4.86. The van der Waals surface area contributed by atoms with Crippen LogP contribution in [0, 0.1) is 11.3 Å². The molecule has 4 unspecified atom stereocenters. The van der Waals surface area contributed by atoms with Crippen LogP contribution in [0.4, 0.5) is 0 Å². The van der Waals surface area contributed by atoms with Crippen LogP contribution in [0.1, 0.15) is 44.2 Å². The molecule has 5 heteroatoms. The molecule has 0 bridgehead atoms. The van der Waals surface area contributed by atoms with Gasteiger partial charge in [0.25, 0.3) is 0 Å². The highest BCUT2D eigenvalue weighted by atomic mass is 32.2. The summed E-state index contributed by atoms with van der Waals surface area (Å²) in [5.74, 6) is 0.660. The summed E-state index contributed by atoms with van der Waals surface area (Å²) in [4.78, 5) is 0.386. The van der Waals surface area contributed by atoms with Gasteiger partial charge in [-0.05, 0) is 43.9 Å². The minimum absolute atomic E-state index is 0.229. The molecule has 1 heterocycles. The minimum atomic E-state index is -3.12. The zero-order valence-electron chi connectivity index (χ0n) is 13.8. The molecular weight excluding hydrogens is 310 g/mol. The lowest BCUT2D eigenvalue weighted by Gasteiger charge is -2.64. The maximum absolute atomic E-state index is 11.6. The normalized spacial score (nSPS) is 32.9. The van der Waals surface area contributed by atoms with E-state index < -0.39 is 9.84 Å². The summed E-state index contributed by atoms with van der Waals surface area (Å²) < 4.78 is 29.1. The maximum Gasteiger partial charge on any atom is 0.175 e. The summed E-state index contributed by atoms with van der Waals surface area (Å²) in [7, 11) is -3.12. The molecule has 0 amide bonds. The summed E-state index contributed by atoms with van der Waals surface area (Å²) in [6.07, 6.45) is 6.79. The Morgan fingerprint density at radius 1 is 1.26 bits per heavy atom. The molecule has 2 saturated carbocycles. The van der Waals surface area contributed by atoms with Gasteiger partial charge in [0.2, 0.25) is 0 Å². The molecule has 1 spiro atoms. The molecule has 1 aromatic carbocycles. The molecule has 1 aromatic rings. The maximum atomic E-state index is 11.6. The third-order valence-electron chi connectivity index (χ3n) is 6.27. The van der Waals surface area contributed by atoms with Crippen molar-refractivity contribution in [2.45, 2.75) is 55.7 Å². The topological polar surface area (TPSA) is 55.4 Å². The Kier molecular flexibility index (Phi) is 3.59. The molecule has 3 aliphatic rings. The summed E-state index contributed by atoms with van der Waals surface area (Å²) in [5, 5.41) is 3.83. The average Bonchev–Trinajstić information content (AvgIpc) is 2.87. The van der Waals surface area contributed by atoms with Gasteiger partial charge in [0.1, 0.15) is 0 Å². The molecule has 1 aliphatic heterocycles. The van der Waals surface area contributed by atoms with E-state index in [1.807, 2.05) is 12.1 Å². The summed E-state index contributed by atoms with van der Waals surface area (Å²) in [6.45, 7) is 3.08. The van der Waals surface area contributed by atoms with Gasteiger partial charge in [-0.15, -0.1) is 0 Å². The second kappa shape index (κ2) is 5.30. The van der Waals surface area contributed by atoms with E-state index in [-0.39, 0.29) is 6.04 Å². The molecular formula is C18H25NO3S. The van der Waals surface area contributed by atoms with E-state index in [4.69, 9.17) is 4.74 Å². The van der Waals surface area contributed by atoms with E-state index in [9.17, 15) is 8.42 Å². The lowest BCUT2D eigenvalue weighted by molar-refractivity contribution is -0.178. The molecule has 3 fully saturated rings. The van der Waals surface area contributed by atoms with Gasteiger partial charge in [-0.2, -0.15) is 0 Å². The van der Waals surface area contributed by atoms with Crippen LogP contribution < -0.4 is 5.32 Å². The number of hydrogen-bond acceptors (Lipinski definition) is 4. The molecule has 0 aromatic heterocycles. The lowest BCUT2D eigenvalue weighted by atomic mass is 9.46. The van der Waals surface area contributed by atoms with Crippen LogP contribution in [0.5, 0.6) is 0 Å². The van der Waals surface area contributed by atoms with Gasteiger partial charge in [0, 0.05) is 36.3 Å². The van der Waals surface area contributed by atoms with Crippen LogP contribution in [0.2, 0.25) is 0 Å². The van der Waals surface area contributed by atoms with Crippen molar-refractivity contribution in [3.05, 3.63) is 29.8 Å². The van der Waals surface area contributed by atoms with Gasteiger partial charge < -0.3 is 10.1 Å². The first-order valence-electron chi connectivity index (χ1n) is 8.59. The Labute approximate surface area is 138 Å². The molecule has 4 atom stereocenters. The van der Waals surface area contributed by atoms with Crippen LogP contribution in [-0.4, -0.2) is 33.4 Å². The summed E-state index contributed by atoms with van der Waals surface area (Å²) in [5.41, 5.74) is 1.52. The van der Waals surface area contributed by atoms with Crippen molar-refractivity contribution < 1.29 is 13.2 Å². The number of ether oxygens (including phenoxy) is 1. The molecule has 4 rings (SSSR count). The van der Waals surface area contributed by atoms with Gasteiger partial charge in [0.15, 0.2) is 9.84 Å². The van der Waals surface area contributed by atoms with Gasteiger partial charge >= 0.3 is 0 Å². The molecule has 1 N–H and O–H groups in total. The van der Waals surface area contributed by atoms with Gasteiger partial charge in [0.05, 0.1) is 11.0 Å². The van der Waals surface area contributed by atoms with Gasteiger partial charge in [-0.3, -0.25) is 0 Å². The third kappa shape index (κ3) is 2.36. The van der Waals surface area contributed by atoms with Crippen molar-refractivity contribution >= 4 is 9.84 Å². The van der Waals surface area contributed by atoms with Crippen molar-refractivity contribution in [1.82, 2.24) is 5.32 Å². The first kappa shape index (κ1) is 15.6. The van der Waals surface area contributed by atoms with Crippen molar-refractivity contribution in [1.29, 1.82) is 0 Å². The first-order chi connectivity index (χ1) is 10.9. The molecule has 1 saturated heterocycles. The van der Waals surface area contributed by atoms with Crippen LogP contribution >= 0.6 is 0 Å². The monoisotopic (exact) mass is 335 g/mol.